The molecule has 2 aromatic heterocycles. The first-order valence-electron chi connectivity index (χ1n) is 10.8. The lowest BCUT2D eigenvalue weighted by atomic mass is 9.68. The highest BCUT2D eigenvalue weighted by atomic mass is 32.2. The number of carbonyl (C=O) groups is 3. The molecule has 2 aromatic rings. The van der Waals surface area contributed by atoms with Crippen LogP contribution in [0.25, 0.3) is 0 Å². The van der Waals surface area contributed by atoms with Crippen LogP contribution in [-0.2, 0) is 14.4 Å². The number of likely N-dealkylation sites (tertiary alicyclic amines) is 1. The second-order valence-electron chi connectivity index (χ2n) is 9.07. The first-order chi connectivity index (χ1) is 15.5. The Hall–Kier alpha value is -2.46. The molecule has 8 nitrogen and oxygen atoms in total. The fourth-order valence-corrected chi connectivity index (χ4v) is 9.51. The number of carbonyl (C=O) groups excluding carboxylic acids is 2. The molecule has 2 aliphatic heterocycles. The smallest absolute Gasteiger partial charge is 0.305 e. The molecule has 2 N–H and O–H groups in total. The molecule has 2 aliphatic carbocycles. The van der Waals surface area contributed by atoms with Gasteiger partial charge in [-0.15, -0.1) is 11.8 Å². The lowest BCUT2D eigenvalue weighted by Gasteiger charge is -2.42. The van der Waals surface area contributed by atoms with Gasteiger partial charge in [-0.25, -0.2) is 0 Å². The van der Waals surface area contributed by atoms with Crippen molar-refractivity contribution in [2.24, 2.45) is 29.6 Å². The van der Waals surface area contributed by atoms with Crippen LogP contribution in [0.5, 0.6) is 0 Å². The number of imide groups is 1. The van der Waals surface area contributed by atoms with E-state index < -0.39 is 5.97 Å². The summed E-state index contributed by atoms with van der Waals surface area (Å²) >= 11 is 2.89. The Bertz CT molecular complexity index is 1180. The molecule has 4 heterocycles. The number of aromatic nitrogens is 2. The Morgan fingerprint density at radius 1 is 1.22 bits per heavy atom. The summed E-state index contributed by atoms with van der Waals surface area (Å²) in [6, 6.07) is 3.92. The number of hydrogen-bond acceptors (Lipinski definition) is 7. The van der Waals surface area contributed by atoms with Crippen LogP contribution in [0, 0.1) is 29.6 Å². The van der Waals surface area contributed by atoms with Gasteiger partial charge in [0.25, 0.3) is 0 Å². The van der Waals surface area contributed by atoms with E-state index in [1.807, 2.05) is 18.3 Å². The first kappa shape index (κ1) is 20.2. The number of thioether (sulfide) groups is 1. The second kappa shape index (κ2) is 7.28. The lowest BCUT2D eigenvalue weighted by Crippen LogP contribution is -2.42. The standard InChI is InChI=1S/C22H21N3O5S2/c26-12(27)4-2-6-25-20(28)15-10-7-11(16(15)21(25)29)17-14(10)13(9-3-1-5-23-8-9)18-19(31-17)24-22(30)32-18/h1,3,5,8,10-11,13-17H,2,4,6-7H2,(H,24,30)(H,26,27)/t10-,11+,13-,14+,15+,16+,17-/m1/s1. The number of rotatable bonds is 5. The summed E-state index contributed by atoms with van der Waals surface area (Å²) in [6.45, 7) is 0.172. The van der Waals surface area contributed by atoms with E-state index >= 15 is 0 Å². The van der Waals surface area contributed by atoms with E-state index in [-0.39, 0.29) is 76.8 Å². The number of H-pyrrole nitrogens is 1. The summed E-state index contributed by atoms with van der Waals surface area (Å²) in [7, 11) is 0. The third-order valence-corrected chi connectivity index (χ3v) is 10.2. The van der Waals surface area contributed by atoms with Crippen molar-refractivity contribution in [2.45, 2.75) is 35.5 Å². The zero-order chi connectivity index (χ0) is 22.1. The minimum absolute atomic E-state index is 0.0196. The van der Waals surface area contributed by atoms with Gasteiger partial charge in [0.2, 0.25) is 11.8 Å². The molecule has 2 amide bonds. The van der Waals surface area contributed by atoms with Gasteiger partial charge in [0.15, 0.2) is 0 Å². The summed E-state index contributed by atoms with van der Waals surface area (Å²) in [5, 5.41) is 9.95. The van der Waals surface area contributed by atoms with Gasteiger partial charge in [-0.05, 0) is 42.2 Å². The fourth-order valence-electron chi connectivity index (χ4n) is 6.62. The Labute approximate surface area is 191 Å². The molecular weight excluding hydrogens is 450 g/mol. The van der Waals surface area contributed by atoms with Crippen LogP contribution in [0.1, 0.15) is 35.6 Å². The van der Waals surface area contributed by atoms with Crippen molar-refractivity contribution in [3.05, 3.63) is 44.6 Å². The van der Waals surface area contributed by atoms with Gasteiger partial charge in [-0.2, -0.15) is 0 Å². The van der Waals surface area contributed by atoms with Crippen LogP contribution in [-0.4, -0.2) is 49.6 Å². The normalized spacial score (nSPS) is 34.5. The zero-order valence-corrected chi connectivity index (χ0v) is 18.6. The van der Waals surface area contributed by atoms with Crippen LogP contribution < -0.4 is 4.87 Å². The molecule has 4 aliphatic rings. The van der Waals surface area contributed by atoms with Crippen LogP contribution in [0.3, 0.4) is 0 Å². The topological polar surface area (TPSA) is 120 Å². The van der Waals surface area contributed by atoms with E-state index in [0.29, 0.717) is 0 Å². The van der Waals surface area contributed by atoms with Crippen LogP contribution >= 0.6 is 23.1 Å². The van der Waals surface area contributed by atoms with Gasteiger partial charge < -0.3 is 10.1 Å². The van der Waals surface area contributed by atoms with Crippen LogP contribution in [0.15, 0.2) is 34.3 Å². The van der Waals surface area contributed by atoms with E-state index in [9.17, 15) is 19.2 Å². The van der Waals surface area contributed by atoms with Gasteiger partial charge in [0, 0.05) is 41.4 Å². The van der Waals surface area contributed by atoms with Crippen molar-refractivity contribution in [1.29, 1.82) is 0 Å². The average molecular weight is 472 g/mol. The molecule has 6 rings (SSSR count). The number of aliphatic carboxylic acids is 1. The summed E-state index contributed by atoms with van der Waals surface area (Å²) < 4.78 is 0. The van der Waals surface area contributed by atoms with Crippen molar-refractivity contribution in [3.63, 3.8) is 0 Å². The minimum Gasteiger partial charge on any atom is -0.481 e. The van der Waals surface area contributed by atoms with Crippen molar-refractivity contribution < 1.29 is 19.5 Å². The Morgan fingerprint density at radius 3 is 2.72 bits per heavy atom. The molecule has 1 saturated heterocycles. The van der Waals surface area contributed by atoms with Crippen molar-refractivity contribution in [2.75, 3.05) is 6.54 Å². The predicted octanol–water partition coefficient (Wildman–Crippen LogP) is 2.17. The molecule has 0 aromatic carbocycles. The molecule has 7 atom stereocenters. The van der Waals surface area contributed by atoms with Crippen molar-refractivity contribution in [1.82, 2.24) is 14.9 Å². The molecule has 166 valence electrons. The van der Waals surface area contributed by atoms with Crippen molar-refractivity contribution >= 4 is 40.9 Å². The molecule has 0 spiro atoms. The number of hydrogen-bond donors (Lipinski definition) is 2. The summed E-state index contributed by atoms with van der Waals surface area (Å²) in [5.74, 6) is -1.58. The molecule has 2 saturated carbocycles. The minimum atomic E-state index is -0.925. The Balaban J connectivity index is 1.37. The van der Waals surface area contributed by atoms with Gasteiger partial charge in [0.1, 0.15) is 0 Å². The molecule has 32 heavy (non-hydrogen) atoms. The highest BCUT2D eigenvalue weighted by Gasteiger charge is 2.69. The molecular formula is C22H21N3O5S2. The van der Waals surface area contributed by atoms with Crippen LogP contribution in [0.2, 0.25) is 0 Å². The molecule has 0 radical (unpaired) electrons. The number of pyridine rings is 1. The van der Waals surface area contributed by atoms with Crippen LogP contribution in [0.4, 0.5) is 0 Å². The van der Waals surface area contributed by atoms with E-state index in [1.54, 1.807) is 18.0 Å². The van der Waals surface area contributed by atoms with E-state index in [2.05, 4.69) is 9.97 Å². The quantitative estimate of drug-likeness (QED) is 0.641. The maximum Gasteiger partial charge on any atom is 0.305 e. The van der Waals surface area contributed by atoms with Gasteiger partial charge in [-0.1, -0.05) is 17.4 Å². The number of thiazole rings is 1. The average Bonchev–Trinajstić information content (AvgIpc) is 3.49. The van der Waals surface area contributed by atoms with E-state index in [0.717, 1.165) is 21.9 Å². The number of nitrogens with zero attached hydrogens (tertiary/aromatic N) is 2. The summed E-state index contributed by atoms with van der Waals surface area (Å²) in [4.78, 5) is 59.1. The van der Waals surface area contributed by atoms with Gasteiger partial charge in [0.05, 0.1) is 16.9 Å². The largest absolute Gasteiger partial charge is 0.481 e. The predicted molar refractivity (Wildman–Crippen MR) is 116 cm³/mol. The van der Waals surface area contributed by atoms with Gasteiger partial charge >= 0.3 is 10.8 Å². The Morgan fingerprint density at radius 2 is 2.00 bits per heavy atom. The molecule has 2 bridgehead atoms. The monoisotopic (exact) mass is 471 g/mol. The maximum absolute atomic E-state index is 13.3. The third kappa shape index (κ3) is 2.78. The SMILES string of the molecule is O=C(O)CCCN1C(=O)[C@H]2[C@@H]3C[C@@H]([C@@H]2C1=O)[C@H]1[C@@H](c2cccnc2)c2sc(=O)[nH]c2S[C@H]31. The third-order valence-electron chi connectivity index (χ3n) is 7.63. The fraction of sp³-hybridized carbons (Fsp3) is 0.500. The maximum atomic E-state index is 13.3. The zero-order valence-electron chi connectivity index (χ0n) is 17.0. The Kier molecular flexibility index (Phi) is 4.59. The number of amides is 2. The van der Waals surface area contributed by atoms with Crippen molar-refractivity contribution in [3.8, 4) is 0 Å². The summed E-state index contributed by atoms with van der Waals surface area (Å²) in [5.41, 5.74) is 1.04. The number of carboxylic acid groups (broad SMARTS) is 1. The molecule has 3 fully saturated rings. The molecule has 0 unspecified atom stereocenters. The van der Waals surface area contributed by atoms with Gasteiger partial charge in [-0.3, -0.25) is 29.1 Å². The highest BCUT2D eigenvalue weighted by Crippen LogP contribution is 2.68. The lowest BCUT2D eigenvalue weighted by molar-refractivity contribution is -0.142. The highest BCUT2D eigenvalue weighted by molar-refractivity contribution is 8.00. The molecule has 10 heteroatoms. The van der Waals surface area contributed by atoms with E-state index in [1.165, 1.54) is 16.2 Å². The number of carboxylic acids is 1. The second-order valence-corrected chi connectivity index (χ2v) is 11.3. The first-order valence-corrected chi connectivity index (χ1v) is 12.5. The number of fused-ring (bicyclic) bond motifs is 9. The number of nitrogens with one attached hydrogen (secondary N) is 1. The number of aromatic amines is 1. The van der Waals surface area contributed by atoms with E-state index in [4.69, 9.17) is 5.11 Å². The summed E-state index contributed by atoms with van der Waals surface area (Å²) in [6.07, 6.45) is 4.63.